The Morgan fingerprint density at radius 2 is 1.79 bits per heavy atom. The third-order valence-electron chi connectivity index (χ3n) is 7.25. The fourth-order valence-corrected chi connectivity index (χ4v) is 5.27. The molecule has 4 rings (SSSR count). The number of hydrogen-bond acceptors (Lipinski definition) is 5. The average Bonchev–Trinajstić information content (AvgIpc) is 2.97. The molecular formula is C29H31N4O5+. The summed E-state index contributed by atoms with van der Waals surface area (Å²) in [4.78, 5) is 59.6. The predicted molar refractivity (Wildman–Crippen MR) is 143 cm³/mol. The molecule has 0 saturated carbocycles. The van der Waals surface area contributed by atoms with Gasteiger partial charge in [-0.15, -0.1) is 0 Å². The van der Waals surface area contributed by atoms with Crippen LogP contribution in [0, 0.1) is 5.41 Å². The van der Waals surface area contributed by atoms with Gasteiger partial charge in [0.2, 0.25) is 11.9 Å². The van der Waals surface area contributed by atoms with E-state index in [0.717, 1.165) is 5.56 Å². The lowest BCUT2D eigenvalue weighted by molar-refractivity contribution is -0.150. The number of hydrogen-bond donors (Lipinski definition) is 2. The second kappa shape index (κ2) is 10.2. The Labute approximate surface area is 221 Å². The van der Waals surface area contributed by atoms with Gasteiger partial charge in [-0.2, -0.15) is 0 Å². The van der Waals surface area contributed by atoms with E-state index < -0.39 is 39.6 Å². The van der Waals surface area contributed by atoms with Crippen molar-refractivity contribution in [3.8, 4) is 0 Å². The molecule has 0 radical (unpaired) electrons. The number of nitrogens with one attached hydrogen (secondary N) is 1. The van der Waals surface area contributed by atoms with Crippen LogP contribution in [0.15, 0.2) is 73.1 Å². The number of benzene rings is 2. The molecule has 0 bridgehead atoms. The summed E-state index contributed by atoms with van der Waals surface area (Å²) < 4.78 is -0.523. The largest absolute Gasteiger partial charge is 0.478 e. The van der Waals surface area contributed by atoms with Crippen LogP contribution in [-0.4, -0.2) is 47.4 Å². The van der Waals surface area contributed by atoms with Crippen LogP contribution in [0.3, 0.4) is 0 Å². The van der Waals surface area contributed by atoms with Crippen molar-refractivity contribution >= 4 is 35.1 Å². The third kappa shape index (κ3) is 4.35. The Balaban J connectivity index is 1.99. The number of carbonyl (C=O) groups is 4. The molecule has 2 atom stereocenters. The molecule has 9 heteroatoms. The topological polar surface area (TPSA) is 117 Å². The number of pyridine rings is 1. The van der Waals surface area contributed by atoms with E-state index in [1.54, 1.807) is 51.4 Å². The van der Waals surface area contributed by atoms with Gasteiger partial charge in [0.15, 0.2) is 11.1 Å². The number of amides is 3. The minimum Gasteiger partial charge on any atom is -0.478 e. The second-order valence-corrected chi connectivity index (χ2v) is 9.88. The molecule has 2 aromatic carbocycles. The van der Waals surface area contributed by atoms with Crippen molar-refractivity contribution in [2.75, 3.05) is 18.5 Å². The lowest BCUT2D eigenvalue weighted by Gasteiger charge is -2.42. The van der Waals surface area contributed by atoms with Crippen LogP contribution >= 0.6 is 0 Å². The fourth-order valence-electron chi connectivity index (χ4n) is 5.27. The van der Waals surface area contributed by atoms with Gasteiger partial charge >= 0.3 is 11.9 Å². The molecule has 38 heavy (non-hydrogen) atoms. The van der Waals surface area contributed by atoms with Gasteiger partial charge in [0.1, 0.15) is 5.69 Å². The van der Waals surface area contributed by atoms with Crippen molar-refractivity contribution < 1.29 is 24.3 Å². The minimum absolute atomic E-state index is 0.0313. The van der Waals surface area contributed by atoms with E-state index in [0.29, 0.717) is 11.3 Å². The maximum Gasteiger partial charge on any atom is 0.335 e. The van der Waals surface area contributed by atoms with Crippen molar-refractivity contribution in [3.05, 3.63) is 89.7 Å². The van der Waals surface area contributed by atoms with E-state index in [2.05, 4.69) is 10.3 Å². The molecule has 196 valence electrons. The number of likely N-dealkylation sites (N-methyl/N-ethyl adjacent to an activating group) is 1. The zero-order valence-corrected chi connectivity index (χ0v) is 21.8. The predicted octanol–water partition coefficient (Wildman–Crippen LogP) is 3.69. The summed E-state index contributed by atoms with van der Waals surface area (Å²) >= 11 is 0. The summed E-state index contributed by atoms with van der Waals surface area (Å²) in [7, 11) is 1.52. The number of nitrogens with zero attached hydrogens (tertiary/aromatic N) is 3. The molecule has 9 nitrogen and oxygen atoms in total. The van der Waals surface area contributed by atoms with E-state index >= 15 is 0 Å². The molecule has 2 unspecified atom stereocenters. The molecule has 1 aromatic heterocycles. The number of anilines is 1. The van der Waals surface area contributed by atoms with Crippen LogP contribution in [0.2, 0.25) is 0 Å². The number of carbonyl (C=O) groups excluding carboxylic acids is 3. The SMILES string of the molecule is CC[N+]1(C(C(=O)NCc2ccccc2)c2cccnc2)C(=O)C(C)(C)C(=O)N(C)c2cc(C(=O)O)ccc21. The zero-order valence-electron chi connectivity index (χ0n) is 21.8. The molecule has 0 fully saturated rings. The molecule has 0 saturated heterocycles. The van der Waals surface area contributed by atoms with Crippen LogP contribution in [-0.2, 0) is 20.9 Å². The van der Waals surface area contributed by atoms with Crippen LogP contribution in [0.5, 0.6) is 0 Å². The summed E-state index contributed by atoms with van der Waals surface area (Å²) in [6.07, 6.45) is 3.13. The fraction of sp³-hybridized carbons (Fsp3) is 0.276. The van der Waals surface area contributed by atoms with Gasteiger partial charge in [0.05, 0.1) is 12.1 Å². The number of carboxylic acid groups (broad SMARTS) is 1. The van der Waals surface area contributed by atoms with Crippen molar-refractivity contribution in [2.45, 2.75) is 33.4 Å². The highest BCUT2D eigenvalue weighted by molar-refractivity contribution is 6.19. The van der Waals surface area contributed by atoms with E-state index in [9.17, 15) is 24.3 Å². The summed E-state index contributed by atoms with van der Waals surface area (Å²) in [6, 6.07) is 16.1. The van der Waals surface area contributed by atoms with Crippen LogP contribution in [0.25, 0.3) is 0 Å². The van der Waals surface area contributed by atoms with Gasteiger partial charge in [-0.1, -0.05) is 30.3 Å². The van der Waals surface area contributed by atoms with Crippen molar-refractivity contribution in [1.82, 2.24) is 14.8 Å². The van der Waals surface area contributed by atoms with Gasteiger partial charge in [-0.05, 0) is 50.6 Å². The van der Waals surface area contributed by atoms with E-state index in [4.69, 9.17) is 0 Å². The number of aromatic nitrogens is 1. The van der Waals surface area contributed by atoms with Crippen LogP contribution in [0.1, 0.15) is 48.3 Å². The monoisotopic (exact) mass is 515 g/mol. The lowest BCUT2D eigenvalue weighted by atomic mass is 9.87. The summed E-state index contributed by atoms with van der Waals surface area (Å²) in [5, 5.41) is 12.6. The van der Waals surface area contributed by atoms with Crippen LogP contribution < -0.4 is 14.7 Å². The quantitative estimate of drug-likeness (QED) is 0.366. The molecule has 3 amide bonds. The number of rotatable bonds is 7. The highest BCUT2D eigenvalue weighted by atomic mass is 16.4. The first-order valence-corrected chi connectivity index (χ1v) is 12.4. The van der Waals surface area contributed by atoms with E-state index in [-0.39, 0.29) is 24.3 Å². The Morgan fingerprint density at radius 1 is 1.08 bits per heavy atom. The Bertz CT molecular complexity index is 1390. The number of quaternary nitrogens is 1. The average molecular weight is 516 g/mol. The number of carboxylic acids is 1. The maximum absolute atomic E-state index is 14.6. The normalized spacial score (nSPS) is 19.3. The highest BCUT2D eigenvalue weighted by Gasteiger charge is 2.61. The van der Waals surface area contributed by atoms with Crippen molar-refractivity contribution in [3.63, 3.8) is 0 Å². The van der Waals surface area contributed by atoms with Gasteiger partial charge < -0.3 is 15.3 Å². The second-order valence-electron chi connectivity index (χ2n) is 9.88. The van der Waals surface area contributed by atoms with Gasteiger partial charge in [0.25, 0.3) is 5.91 Å². The molecule has 2 N–H and O–H groups in total. The molecule has 0 aliphatic carbocycles. The summed E-state index contributed by atoms with van der Waals surface area (Å²) in [5.74, 6) is -2.54. The van der Waals surface area contributed by atoms with Gasteiger partial charge in [-0.3, -0.25) is 14.6 Å². The Morgan fingerprint density at radius 3 is 2.39 bits per heavy atom. The van der Waals surface area contributed by atoms with E-state index in [1.165, 1.54) is 24.1 Å². The Kier molecular flexibility index (Phi) is 7.15. The van der Waals surface area contributed by atoms with Gasteiger partial charge in [-0.25, -0.2) is 14.1 Å². The molecule has 1 aliphatic heterocycles. The first-order chi connectivity index (χ1) is 18.1. The lowest BCUT2D eigenvalue weighted by Crippen LogP contribution is -2.64. The summed E-state index contributed by atoms with van der Waals surface area (Å²) in [5.41, 5.74) is 0.462. The zero-order chi connectivity index (χ0) is 27.7. The minimum atomic E-state index is -1.52. The molecule has 1 aliphatic rings. The highest BCUT2D eigenvalue weighted by Crippen LogP contribution is 2.48. The number of aromatic carboxylic acids is 1. The van der Waals surface area contributed by atoms with Crippen molar-refractivity contribution in [2.24, 2.45) is 5.41 Å². The molecule has 0 spiro atoms. The first-order valence-electron chi connectivity index (χ1n) is 12.4. The first kappa shape index (κ1) is 26.7. The third-order valence-corrected chi connectivity index (χ3v) is 7.25. The standard InChI is InChI=1S/C29H30N4O5/c1-5-33(24(21-12-9-15-30-18-21)25(34)31-17-19-10-7-6-8-11-19)23-14-13-20(26(35)36)16-22(23)32(4)27(37)29(2,3)28(33)38/h6-16,18,24H,5,17H2,1-4H3,(H-,31,34,35,36)/p+1. The molecular weight excluding hydrogens is 484 g/mol. The summed E-state index contributed by atoms with van der Waals surface area (Å²) in [6.45, 7) is 5.24. The molecule has 3 aromatic rings. The van der Waals surface area contributed by atoms with E-state index in [1.807, 2.05) is 30.3 Å². The maximum atomic E-state index is 14.6. The van der Waals surface area contributed by atoms with Crippen LogP contribution in [0.4, 0.5) is 11.4 Å². The van der Waals surface area contributed by atoms with Gasteiger partial charge in [0, 0.05) is 37.6 Å². The van der Waals surface area contributed by atoms with Crippen molar-refractivity contribution in [1.29, 1.82) is 0 Å². The molecule has 2 heterocycles. The number of fused-ring (bicyclic) bond motifs is 1. The Hall–Kier alpha value is -4.37. The smallest absolute Gasteiger partial charge is 0.335 e.